The molecular weight excluding hydrogens is 312 g/mol. The summed E-state index contributed by atoms with van der Waals surface area (Å²) >= 11 is 0. The van der Waals surface area contributed by atoms with E-state index < -0.39 is 0 Å². The van der Waals surface area contributed by atoms with Crippen molar-refractivity contribution in [2.45, 2.75) is 32.2 Å². The zero-order valence-corrected chi connectivity index (χ0v) is 14.2. The third-order valence-corrected chi connectivity index (χ3v) is 4.72. The molecule has 0 unspecified atom stereocenters. The van der Waals surface area contributed by atoms with E-state index in [0.29, 0.717) is 11.3 Å². The topological polar surface area (TPSA) is 59.3 Å². The number of fused-ring (bicyclic) bond motifs is 1. The van der Waals surface area contributed by atoms with E-state index in [1.54, 1.807) is 6.33 Å². The third-order valence-electron chi connectivity index (χ3n) is 4.72. The van der Waals surface area contributed by atoms with E-state index in [1.807, 2.05) is 48.6 Å². The molecule has 0 aliphatic heterocycles. The van der Waals surface area contributed by atoms with E-state index in [4.69, 9.17) is 6.42 Å². The third kappa shape index (κ3) is 2.56. The number of benzene rings is 1. The Morgan fingerprint density at radius 2 is 2.12 bits per heavy atom. The summed E-state index contributed by atoms with van der Waals surface area (Å²) in [5, 5.41) is 3.15. The van der Waals surface area contributed by atoms with Crippen LogP contribution in [0.15, 0.2) is 36.7 Å². The second-order valence-corrected chi connectivity index (χ2v) is 6.59. The van der Waals surface area contributed by atoms with Gasteiger partial charge in [0, 0.05) is 17.0 Å². The van der Waals surface area contributed by atoms with E-state index in [1.165, 1.54) is 0 Å². The Kier molecular flexibility index (Phi) is 3.36. The molecule has 0 saturated heterocycles. The molecule has 5 heteroatoms. The molecule has 1 fully saturated rings. The Bertz CT molecular complexity index is 1040. The molecule has 3 aromatic rings. The van der Waals surface area contributed by atoms with Crippen LogP contribution < -0.4 is 5.32 Å². The highest BCUT2D eigenvalue weighted by Gasteiger charge is 2.46. The summed E-state index contributed by atoms with van der Waals surface area (Å²) in [7, 11) is 0. The van der Waals surface area contributed by atoms with Crippen LogP contribution in [0.5, 0.6) is 0 Å². The fourth-order valence-corrected chi connectivity index (χ4v) is 3.23. The normalized spacial score (nSPS) is 14.9. The molecule has 1 N–H and O–H groups in total. The standard InChI is InChI=1S/C20H18N4O/c1-4-15-6-5-7-16(11-15)20(8-9-20)23-19(25)17-18-22-13(2)10-14(3)24(18)12-21-17/h1,5-7,10-12H,8-9H2,2-3H3,(H,23,25). The number of hydrogen-bond donors (Lipinski definition) is 1. The van der Waals surface area contributed by atoms with Gasteiger partial charge in [-0.05, 0) is 50.5 Å². The van der Waals surface area contributed by atoms with Crippen molar-refractivity contribution in [3.8, 4) is 12.3 Å². The number of imidazole rings is 1. The number of terminal acetylenes is 1. The van der Waals surface area contributed by atoms with Gasteiger partial charge in [0.2, 0.25) is 0 Å². The molecule has 1 aromatic carbocycles. The number of amides is 1. The quantitative estimate of drug-likeness (QED) is 0.751. The van der Waals surface area contributed by atoms with Crippen molar-refractivity contribution in [1.82, 2.24) is 19.7 Å². The highest BCUT2D eigenvalue weighted by atomic mass is 16.2. The second kappa shape index (κ2) is 5.45. The van der Waals surface area contributed by atoms with Crippen LogP contribution in [0.1, 0.15) is 45.8 Å². The predicted molar refractivity (Wildman–Crippen MR) is 95.2 cm³/mol. The lowest BCUT2D eigenvalue weighted by Crippen LogP contribution is -2.35. The molecule has 2 aromatic heterocycles. The maximum atomic E-state index is 12.9. The number of nitrogens with zero attached hydrogens (tertiary/aromatic N) is 3. The van der Waals surface area contributed by atoms with Gasteiger partial charge in [-0.2, -0.15) is 0 Å². The smallest absolute Gasteiger partial charge is 0.274 e. The Morgan fingerprint density at radius 3 is 2.84 bits per heavy atom. The van der Waals surface area contributed by atoms with Gasteiger partial charge in [0.1, 0.15) is 6.33 Å². The molecule has 0 atom stereocenters. The fourth-order valence-electron chi connectivity index (χ4n) is 3.23. The number of rotatable bonds is 3. The molecule has 2 heterocycles. The van der Waals surface area contributed by atoms with Gasteiger partial charge in [-0.25, -0.2) is 9.97 Å². The summed E-state index contributed by atoms with van der Waals surface area (Å²) in [4.78, 5) is 21.6. The summed E-state index contributed by atoms with van der Waals surface area (Å²) in [6.07, 6.45) is 8.92. The summed E-state index contributed by atoms with van der Waals surface area (Å²) in [5.74, 6) is 2.44. The lowest BCUT2D eigenvalue weighted by molar-refractivity contribution is 0.0928. The summed E-state index contributed by atoms with van der Waals surface area (Å²) in [6.45, 7) is 3.88. The maximum absolute atomic E-state index is 12.9. The van der Waals surface area contributed by atoms with Crippen LogP contribution in [0.4, 0.5) is 0 Å². The molecule has 5 nitrogen and oxygen atoms in total. The lowest BCUT2D eigenvalue weighted by Gasteiger charge is -2.17. The van der Waals surface area contributed by atoms with Crippen LogP contribution in [-0.2, 0) is 5.54 Å². The first-order chi connectivity index (χ1) is 12.0. The maximum Gasteiger partial charge on any atom is 0.274 e. The molecule has 1 saturated carbocycles. The number of aromatic nitrogens is 3. The monoisotopic (exact) mass is 330 g/mol. The average molecular weight is 330 g/mol. The molecule has 1 amide bonds. The zero-order valence-electron chi connectivity index (χ0n) is 14.2. The predicted octanol–water partition coefficient (Wildman–Crippen LogP) is 2.75. The molecule has 0 spiro atoms. The molecule has 0 bridgehead atoms. The molecule has 1 aliphatic carbocycles. The molecular formula is C20H18N4O. The van der Waals surface area contributed by atoms with Gasteiger partial charge < -0.3 is 5.32 Å². The van der Waals surface area contributed by atoms with Gasteiger partial charge in [-0.3, -0.25) is 9.20 Å². The van der Waals surface area contributed by atoms with E-state index in [-0.39, 0.29) is 11.4 Å². The molecule has 124 valence electrons. The minimum atomic E-state index is -0.348. The largest absolute Gasteiger partial charge is 0.341 e. The molecule has 4 rings (SSSR count). The number of hydrogen-bond acceptors (Lipinski definition) is 3. The second-order valence-electron chi connectivity index (χ2n) is 6.59. The SMILES string of the molecule is C#Cc1cccc(C2(NC(=O)c3ncn4c(C)cc(C)nc34)CC2)c1. The van der Waals surface area contributed by atoms with Crippen molar-refractivity contribution < 1.29 is 4.79 Å². The molecule has 0 radical (unpaired) electrons. The summed E-state index contributed by atoms with van der Waals surface area (Å²) < 4.78 is 1.83. The minimum Gasteiger partial charge on any atom is -0.341 e. The summed E-state index contributed by atoms with van der Waals surface area (Å²) in [5.41, 5.74) is 4.31. The van der Waals surface area contributed by atoms with Crippen LogP contribution in [0.2, 0.25) is 0 Å². The van der Waals surface area contributed by atoms with Crippen molar-refractivity contribution in [3.63, 3.8) is 0 Å². The van der Waals surface area contributed by atoms with Crippen molar-refractivity contribution >= 4 is 11.6 Å². The van der Waals surface area contributed by atoms with E-state index >= 15 is 0 Å². The Labute approximate surface area is 146 Å². The number of carbonyl (C=O) groups is 1. The van der Waals surface area contributed by atoms with Gasteiger partial charge in [-0.1, -0.05) is 18.1 Å². The van der Waals surface area contributed by atoms with E-state index in [2.05, 4.69) is 21.2 Å². The van der Waals surface area contributed by atoms with Crippen LogP contribution >= 0.6 is 0 Å². The first-order valence-corrected chi connectivity index (χ1v) is 8.23. The minimum absolute atomic E-state index is 0.205. The van der Waals surface area contributed by atoms with Crippen molar-refractivity contribution in [2.75, 3.05) is 0 Å². The highest BCUT2D eigenvalue weighted by molar-refractivity contribution is 5.98. The fraction of sp³-hybridized carbons (Fsp3) is 0.250. The Hall–Kier alpha value is -3.13. The number of aryl methyl sites for hydroxylation is 2. The average Bonchev–Trinajstić information content (AvgIpc) is 3.25. The molecule has 25 heavy (non-hydrogen) atoms. The van der Waals surface area contributed by atoms with E-state index in [0.717, 1.165) is 35.4 Å². The number of carbonyl (C=O) groups excluding carboxylic acids is 1. The van der Waals surface area contributed by atoms with Gasteiger partial charge in [0.05, 0.1) is 5.54 Å². The van der Waals surface area contributed by atoms with E-state index in [9.17, 15) is 4.79 Å². The number of nitrogens with one attached hydrogen (secondary N) is 1. The Balaban J connectivity index is 1.68. The van der Waals surface area contributed by atoms with Gasteiger partial charge in [-0.15, -0.1) is 6.42 Å². The van der Waals surface area contributed by atoms with Gasteiger partial charge >= 0.3 is 0 Å². The van der Waals surface area contributed by atoms with Crippen molar-refractivity contribution in [2.24, 2.45) is 0 Å². The van der Waals surface area contributed by atoms with Crippen LogP contribution in [0.25, 0.3) is 5.65 Å². The zero-order chi connectivity index (χ0) is 17.6. The summed E-state index contributed by atoms with van der Waals surface area (Å²) in [6, 6.07) is 9.75. The Morgan fingerprint density at radius 1 is 1.32 bits per heavy atom. The van der Waals surface area contributed by atoms with Crippen molar-refractivity contribution in [3.05, 3.63) is 64.9 Å². The van der Waals surface area contributed by atoms with Crippen LogP contribution in [0.3, 0.4) is 0 Å². The first kappa shape index (κ1) is 15.4. The lowest BCUT2D eigenvalue weighted by atomic mass is 10.0. The van der Waals surface area contributed by atoms with Crippen LogP contribution in [0, 0.1) is 26.2 Å². The first-order valence-electron chi connectivity index (χ1n) is 8.23. The highest BCUT2D eigenvalue weighted by Crippen LogP contribution is 2.45. The molecule has 1 aliphatic rings. The van der Waals surface area contributed by atoms with Crippen LogP contribution in [-0.4, -0.2) is 20.3 Å². The van der Waals surface area contributed by atoms with Crippen molar-refractivity contribution in [1.29, 1.82) is 0 Å². The van der Waals surface area contributed by atoms with Gasteiger partial charge in [0.15, 0.2) is 11.3 Å². The van der Waals surface area contributed by atoms with Gasteiger partial charge in [0.25, 0.3) is 5.91 Å².